The predicted molar refractivity (Wildman–Crippen MR) is 78.0 cm³/mol. The fourth-order valence-corrected chi connectivity index (χ4v) is 2.49. The summed E-state index contributed by atoms with van der Waals surface area (Å²) in [6.45, 7) is 1.54. The van der Waals surface area contributed by atoms with Crippen LogP contribution in [-0.4, -0.2) is 29.1 Å². The highest BCUT2D eigenvalue weighted by Crippen LogP contribution is 2.19. The van der Waals surface area contributed by atoms with Crippen LogP contribution in [0.2, 0.25) is 0 Å². The van der Waals surface area contributed by atoms with Crippen molar-refractivity contribution in [2.75, 3.05) is 0 Å². The fraction of sp³-hybridized carbons (Fsp3) is 0.500. The number of amides is 1. The van der Waals surface area contributed by atoms with Gasteiger partial charge in [0.15, 0.2) is 6.10 Å². The molecule has 1 fully saturated rings. The Kier molecular flexibility index (Phi) is 5.20. The van der Waals surface area contributed by atoms with E-state index < -0.39 is 12.1 Å². The summed E-state index contributed by atoms with van der Waals surface area (Å²) in [6.07, 6.45) is 4.54. The number of nitrogens with one attached hydrogen (secondary N) is 1. The van der Waals surface area contributed by atoms with Crippen molar-refractivity contribution in [3.05, 3.63) is 29.8 Å². The maximum Gasteiger partial charge on any atom is 0.342 e. The van der Waals surface area contributed by atoms with Crippen LogP contribution in [0.1, 0.15) is 49.4 Å². The molecule has 1 aromatic carbocycles. The Balaban J connectivity index is 1.88. The van der Waals surface area contributed by atoms with E-state index in [1.807, 2.05) is 0 Å². The molecule has 0 aliphatic heterocycles. The lowest BCUT2D eigenvalue weighted by atomic mass is 9.95. The van der Waals surface area contributed by atoms with Crippen molar-refractivity contribution in [1.82, 2.24) is 5.32 Å². The van der Waals surface area contributed by atoms with E-state index in [1.54, 1.807) is 12.1 Å². The van der Waals surface area contributed by atoms with Gasteiger partial charge in [0.05, 0.1) is 0 Å². The van der Waals surface area contributed by atoms with E-state index >= 15 is 0 Å². The normalized spacial score (nSPS) is 17.0. The number of para-hydroxylation sites is 1. The van der Waals surface area contributed by atoms with Crippen molar-refractivity contribution in [1.29, 1.82) is 0 Å². The molecule has 0 aromatic heterocycles. The Hall–Kier alpha value is -2.04. The average molecular weight is 291 g/mol. The summed E-state index contributed by atoms with van der Waals surface area (Å²) in [5.74, 6) is -1.13. The Bertz CT molecular complexity index is 509. The van der Waals surface area contributed by atoms with E-state index in [9.17, 15) is 14.7 Å². The van der Waals surface area contributed by atoms with Crippen molar-refractivity contribution >= 4 is 11.9 Å². The molecule has 1 aliphatic rings. The van der Waals surface area contributed by atoms with Crippen molar-refractivity contribution < 1.29 is 19.4 Å². The van der Waals surface area contributed by atoms with Crippen LogP contribution in [0.15, 0.2) is 24.3 Å². The van der Waals surface area contributed by atoms with Gasteiger partial charge in [-0.25, -0.2) is 4.79 Å². The van der Waals surface area contributed by atoms with E-state index in [2.05, 4.69) is 5.32 Å². The fourth-order valence-electron chi connectivity index (χ4n) is 2.49. The highest BCUT2D eigenvalue weighted by Gasteiger charge is 2.23. The molecule has 0 radical (unpaired) electrons. The Morgan fingerprint density at radius 2 is 1.90 bits per heavy atom. The number of phenolic OH excluding ortho intramolecular Hbond substituents is 1. The third-order valence-electron chi connectivity index (χ3n) is 3.73. The number of hydrogen-bond donors (Lipinski definition) is 2. The van der Waals surface area contributed by atoms with E-state index in [0.29, 0.717) is 0 Å². The molecular formula is C16H21NO4. The first kappa shape index (κ1) is 15.4. The van der Waals surface area contributed by atoms with Crippen molar-refractivity contribution in [3.8, 4) is 5.75 Å². The number of carbonyl (C=O) groups excluding carboxylic acids is 2. The molecule has 1 atom stereocenters. The zero-order valence-electron chi connectivity index (χ0n) is 12.2. The van der Waals surface area contributed by atoms with Crippen LogP contribution in [0, 0.1) is 0 Å². The molecule has 0 unspecified atom stereocenters. The maximum absolute atomic E-state index is 12.0. The molecule has 5 heteroatoms. The number of rotatable bonds is 4. The molecule has 2 rings (SSSR count). The summed E-state index contributed by atoms with van der Waals surface area (Å²) in [7, 11) is 0. The second-order valence-electron chi connectivity index (χ2n) is 5.41. The molecule has 1 aliphatic carbocycles. The molecule has 1 amide bonds. The molecule has 0 spiro atoms. The van der Waals surface area contributed by atoms with E-state index in [4.69, 9.17) is 4.74 Å². The van der Waals surface area contributed by atoms with Crippen LogP contribution < -0.4 is 5.32 Å². The number of benzene rings is 1. The first-order valence-electron chi connectivity index (χ1n) is 7.37. The Morgan fingerprint density at radius 3 is 2.57 bits per heavy atom. The zero-order valence-corrected chi connectivity index (χ0v) is 12.2. The number of carbonyl (C=O) groups is 2. The standard InChI is InChI=1S/C16H21NO4/c1-11(15(19)17-12-7-3-2-4-8-12)21-16(20)13-9-5-6-10-14(13)18/h5-6,9-12,18H,2-4,7-8H2,1H3,(H,17,19)/t11-/m1/s1. The van der Waals surface area contributed by atoms with Gasteiger partial charge in [-0.2, -0.15) is 0 Å². The molecule has 5 nitrogen and oxygen atoms in total. The Labute approximate surface area is 124 Å². The van der Waals surface area contributed by atoms with Crippen LogP contribution in [0.25, 0.3) is 0 Å². The van der Waals surface area contributed by atoms with Crippen LogP contribution in [0.3, 0.4) is 0 Å². The highest BCUT2D eigenvalue weighted by molar-refractivity contribution is 5.94. The number of aromatic hydroxyl groups is 1. The first-order valence-corrected chi connectivity index (χ1v) is 7.37. The van der Waals surface area contributed by atoms with Crippen LogP contribution >= 0.6 is 0 Å². The topological polar surface area (TPSA) is 75.6 Å². The molecule has 2 N–H and O–H groups in total. The number of ether oxygens (including phenoxy) is 1. The third kappa shape index (κ3) is 4.21. The van der Waals surface area contributed by atoms with Gasteiger partial charge in [0, 0.05) is 6.04 Å². The molecule has 0 heterocycles. The molecule has 21 heavy (non-hydrogen) atoms. The smallest absolute Gasteiger partial charge is 0.342 e. The third-order valence-corrected chi connectivity index (χ3v) is 3.73. The van der Waals surface area contributed by atoms with E-state index in [0.717, 1.165) is 25.7 Å². The molecule has 114 valence electrons. The highest BCUT2D eigenvalue weighted by atomic mass is 16.5. The van der Waals surface area contributed by atoms with Gasteiger partial charge in [0.1, 0.15) is 11.3 Å². The summed E-state index contributed by atoms with van der Waals surface area (Å²) < 4.78 is 5.11. The lowest BCUT2D eigenvalue weighted by Gasteiger charge is -2.24. The second kappa shape index (κ2) is 7.11. The van der Waals surface area contributed by atoms with Gasteiger partial charge in [0.25, 0.3) is 5.91 Å². The quantitative estimate of drug-likeness (QED) is 0.835. The van der Waals surface area contributed by atoms with Crippen molar-refractivity contribution in [2.45, 2.75) is 51.2 Å². The average Bonchev–Trinajstić information content (AvgIpc) is 2.48. The maximum atomic E-state index is 12.0. The Morgan fingerprint density at radius 1 is 1.24 bits per heavy atom. The molecule has 1 saturated carbocycles. The van der Waals surface area contributed by atoms with Crippen LogP contribution in [0.5, 0.6) is 5.75 Å². The van der Waals surface area contributed by atoms with E-state index in [1.165, 1.54) is 25.5 Å². The first-order chi connectivity index (χ1) is 10.1. The van der Waals surface area contributed by atoms with Gasteiger partial charge in [-0.3, -0.25) is 4.79 Å². The van der Waals surface area contributed by atoms with Gasteiger partial charge in [-0.1, -0.05) is 31.4 Å². The lowest BCUT2D eigenvalue weighted by molar-refractivity contribution is -0.130. The molecule has 0 bridgehead atoms. The van der Waals surface area contributed by atoms with Crippen LogP contribution in [0.4, 0.5) is 0 Å². The summed E-state index contributed by atoms with van der Waals surface area (Å²) >= 11 is 0. The summed E-state index contributed by atoms with van der Waals surface area (Å²) in [4.78, 5) is 23.9. The minimum Gasteiger partial charge on any atom is -0.507 e. The lowest BCUT2D eigenvalue weighted by Crippen LogP contribution is -2.42. The number of hydrogen-bond acceptors (Lipinski definition) is 4. The summed E-state index contributed by atoms with van der Waals surface area (Å²) in [6, 6.07) is 6.29. The van der Waals surface area contributed by atoms with Gasteiger partial charge in [0.2, 0.25) is 0 Å². The summed E-state index contributed by atoms with van der Waals surface area (Å²) in [5, 5.41) is 12.5. The van der Waals surface area contributed by atoms with Gasteiger partial charge < -0.3 is 15.2 Å². The molecule has 1 aromatic rings. The van der Waals surface area contributed by atoms with Crippen molar-refractivity contribution in [2.24, 2.45) is 0 Å². The van der Waals surface area contributed by atoms with Crippen molar-refractivity contribution in [3.63, 3.8) is 0 Å². The van der Waals surface area contributed by atoms with Gasteiger partial charge in [-0.05, 0) is 31.9 Å². The van der Waals surface area contributed by atoms with Crippen LogP contribution in [-0.2, 0) is 9.53 Å². The molecular weight excluding hydrogens is 270 g/mol. The zero-order chi connectivity index (χ0) is 15.2. The number of esters is 1. The predicted octanol–water partition coefficient (Wildman–Crippen LogP) is 2.39. The van der Waals surface area contributed by atoms with Gasteiger partial charge in [-0.15, -0.1) is 0 Å². The molecule has 0 saturated heterocycles. The second-order valence-corrected chi connectivity index (χ2v) is 5.41. The van der Waals surface area contributed by atoms with Gasteiger partial charge >= 0.3 is 5.97 Å². The SMILES string of the molecule is C[C@@H](OC(=O)c1ccccc1O)C(=O)NC1CCCCC1. The summed E-state index contributed by atoms with van der Waals surface area (Å²) in [5.41, 5.74) is 0.0646. The monoisotopic (exact) mass is 291 g/mol. The largest absolute Gasteiger partial charge is 0.507 e. The minimum absolute atomic E-state index is 0.0646. The van der Waals surface area contributed by atoms with E-state index in [-0.39, 0.29) is 23.3 Å². The number of phenols is 1. The minimum atomic E-state index is -0.876.